The number of halogens is 1. The number of nitrogens with zero attached hydrogens (tertiary/aromatic N) is 2. The lowest BCUT2D eigenvalue weighted by Gasteiger charge is -2.22. The molecule has 1 aromatic heterocycles. The van der Waals surface area contributed by atoms with Crippen LogP contribution in [0.25, 0.3) is 0 Å². The first-order valence-electron chi connectivity index (χ1n) is 6.32. The van der Waals surface area contributed by atoms with E-state index in [-0.39, 0.29) is 17.8 Å². The van der Waals surface area contributed by atoms with Gasteiger partial charge in [0.2, 0.25) is 0 Å². The molecule has 0 radical (unpaired) electrons. The van der Waals surface area contributed by atoms with Gasteiger partial charge in [0.1, 0.15) is 0 Å². The number of rotatable bonds is 3. The zero-order chi connectivity index (χ0) is 12.5. The lowest BCUT2D eigenvalue weighted by Crippen LogP contribution is -2.33. The van der Waals surface area contributed by atoms with Crippen molar-refractivity contribution in [3.8, 4) is 0 Å². The van der Waals surface area contributed by atoms with E-state index >= 15 is 0 Å². The zero-order valence-corrected chi connectivity index (χ0v) is 13.3. The number of aromatic nitrogens is 1. The van der Waals surface area contributed by atoms with E-state index in [1.807, 2.05) is 0 Å². The van der Waals surface area contributed by atoms with E-state index in [0.717, 1.165) is 19.6 Å². The fourth-order valence-corrected chi connectivity index (χ4v) is 3.02. The van der Waals surface area contributed by atoms with Crippen LogP contribution < -0.4 is 5.32 Å². The standard InChI is InChI=1S/C13H23N3S.ClH/c1-13(2,3)12-15-10(9-17-12)8-16(4)11-5-6-14-7-11;/h9,11,14H,5-8H2,1-4H3;1H. The molecule has 2 heterocycles. The Labute approximate surface area is 120 Å². The van der Waals surface area contributed by atoms with Crippen molar-refractivity contribution in [1.29, 1.82) is 0 Å². The molecule has 0 spiro atoms. The number of thiazole rings is 1. The minimum atomic E-state index is 0. The van der Waals surface area contributed by atoms with E-state index in [2.05, 4.69) is 43.4 Å². The number of hydrogen-bond acceptors (Lipinski definition) is 4. The van der Waals surface area contributed by atoms with Gasteiger partial charge in [-0.05, 0) is 20.0 Å². The molecule has 0 aromatic carbocycles. The van der Waals surface area contributed by atoms with Gasteiger partial charge in [0, 0.05) is 29.9 Å². The third-order valence-electron chi connectivity index (χ3n) is 3.26. The summed E-state index contributed by atoms with van der Waals surface area (Å²) in [5.74, 6) is 0. The zero-order valence-electron chi connectivity index (χ0n) is 11.7. The molecule has 2 rings (SSSR count). The molecular weight excluding hydrogens is 266 g/mol. The van der Waals surface area contributed by atoms with Crippen molar-refractivity contribution in [1.82, 2.24) is 15.2 Å². The third-order valence-corrected chi connectivity index (χ3v) is 4.58. The van der Waals surface area contributed by atoms with Gasteiger partial charge >= 0.3 is 0 Å². The minimum Gasteiger partial charge on any atom is -0.315 e. The maximum Gasteiger partial charge on any atom is 0.0982 e. The Morgan fingerprint density at radius 2 is 2.22 bits per heavy atom. The quantitative estimate of drug-likeness (QED) is 0.927. The normalized spacial score (nSPS) is 20.2. The minimum absolute atomic E-state index is 0. The maximum absolute atomic E-state index is 4.75. The van der Waals surface area contributed by atoms with Crippen LogP contribution in [-0.4, -0.2) is 36.1 Å². The topological polar surface area (TPSA) is 28.2 Å². The van der Waals surface area contributed by atoms with Gasteiger partial charge in [-0.3, -0.25) is 4.90 Å². The van der Waals surface area contributed by atoms with Crippen LogP contribution in [0.1, 0.15) is 37.9 Å². The van der Waals surface area contributed by atoms with Crippen LogP contribution in [-0.2, 0) is 12.0 Å². The van der Waals surface area contributed by atoms with Crippen LogP contribution in [0.5, 0.6) is 0 Å². The predicted octanol–water partition coefficient (Wildman–Crippen LogP) is 2.66. The predicted molar refractivity (Wildman–Crippen MR) is 80.8 cm³/mol. The molecule has 1 aliphatic heterocycles. The summed E-state index contributed by atoms with van der Waals surface area (Å²) in [7, 11) is 2.20. The number of nitrogens with one attached hydrogen (secondary N) is 1. The molecule has 0 aliphatic carbocycles. The highest BCUT2D eigenvalue weighted by Gasteiger charge is 2.21. The van der Waals surface area contributed by atoms with Gasteiger partial charge in [-0.2, -0.15) is 0 Å². The average molecular weight is 290 g/mol. The van der Waals surface area contributed by atoms with E-state index in [0.29, 0.717) is 6.04 Å². The largest absolute Gasteiger partial charge is 0.315 e. The van der Waals surface area contributed by atoms with Gasteiger partial charge in [-0.25, -0.2) is 4.98 Å². The van der Waals surface area contributed by atoms with E-state index in [1.165, 1.54) is 17.1 Å². The second-order valence-corrected chi connectivity index (χ2v) is 6.81. The van der Waals surface area contributed by atoms with Crippen LogP contribution >= 0.6 is 23.7 Å². The van der Waals surface area contributed by atoms with Crippen LogP contribution in [0, 0.1) is 0 Å². The smallest absolute Gasteiger partial charge is 0.0982 e. The fraction of sp³-hybridized carbons (Fsp3) is 0.769. The van der Waals surface area contributed by atoms with Crippen LogP contribution in [0.2, 0.25) is 0 Å². The van der Waals surface area contributed by atoms with E-state index in [9.17, 15) is 0 Å². The summed E-state index contributed by atoms with van der Waals surface area (Å²) in [4.78, 5) is 7.17. The van der Waals surface area contributed by atoms with Crippen LogP contribution in [0.3, 0.4) is 0 Å². The van der Waals surface area contributed by atoms with Crippen molar-refractivity contribution in [2.45, 2.75) is 45.2 Å². The molecule has 1 saturated heterocycles. The van der Waals surface area contributed by atoms with Gasteiger partial charge in [0.05, 0.1) is 10.7 Å². The first-order chi connectivity index (χ1) is 7.97. The lowest BCUT2D eigenvalue weighted by atomic mass is 9.98. The average Bonchev–Trinajstić information content (AvgIpc) is 2.85. The summed E-state index contributed by atoms with van der Waals surface area (Å²) in [6, 6.07) is 0.676. The van der Waals surface area contributed by atoms with Gasteiger partial charge in [0.25, 0.3) is 0 Å². The monoisotopic (exact) mass is 289 g/mol. The van der Waals surface area contributed by atoms with Crippen molar-refractivity contribution >= 4 is 23.7 Å². The molecule has 104 valence electrons. The van der Waals surface area contributed by atoms with Crippen LogP contribution in [0.4, 0.5) is 0 Å². The molecule has 1 atom stereocenters. The molecule has 3 nitrogen and oxygen atoms in total. The summed E-state index contributed by atoms with van der Waals surface area (Å²) in [6.45, 7) is 9.91. The summed E-state index contributed by atoms with van der Waals surface area (Å²) in [5, 5.41) is 6.86. The number of likely N-dealkylation sites (N-methyl/N-ethyl adjacent to an activating group) is 1. The molecule has 1 aromatic rings. The molecule has 5 heteroatoms. The van der Waals surface area contributed by atoms with Gasteiger partial charge in [0.15, 0.2) is 0 Å². The first-order valence-corrected chi connectivity index (χ1v) is 7.20. The van der Waals surface area contributed by atoms with Crippen molar-refractivity contribution in [3.05, 3.63) is 16.1 Å². The summed E-state index contributed by atoms with van der Waals surface area (Å²) < 4.78 is 0. The van der Waals surface area contributed by atoms with E-state index in [4.69, 9.17) is 4.98 Å². The highest BCUT2D eigenvalue weighted by molar-refractivity contribution is 7.09. The molecule has 0 saturated carbocycles. The van der Waals surface area contributed by atoms with Crippen molar-refractivity contribution in [3.63, 3.8) is 0 Å². The highest BCUT2D eigenvalue weighted by atomic mass is 35.5. The molecule has 1 unspecified atom stereocenters. The van der Waals surface area contributed by atoms with Crippen molar-refractivity contribution < 1.29 is 0 Å². The Morgan fingerprint density at radius 3 is 2.72 bits per heavy atom. The molecule has 18 heavy (non-hydrogen) atoms. The van der Waals surface area contributed by atoms with Gasteiger partial charge in [-0.1, -0.05) is 20.8 Å². The maximum atomic E-state index is 4.75. The second-order valence-electron chi connectivity index (χ2n) is 5.96. The molecular formula is C13H24ClN3S. The van der Waals surface area contributed by atoms with Crippen molar-refractivity contribution in [2.75, 3.05) is 20.1 Å². The Balaban J connectivity index is 0.00000162. The Hall–Kier alpha value is -0.160. The molecule has 0 bridgehead atoms. The summed E-state index contributed by atoms with van der Waals surface area (Å²) >= 11 is 1.79. The Bertz CT molecular complexity index is 367. The van der Waals surface area contributed by atoms with Crippen LogP contribution in [0.15, 0.2) is 5.38 Å². The summed E-state index contributed by atoms with van der Waals surface area (Å²) in [5.41, 5.74) is 1.39. The molecule has 1 fully saturated rings. The fourth-order valence-electron chi connectivity index (χ4n) is 2.12. The molecule has 1 N–H and O–H groups in total. The Kier molecular flexibility index (Phi) is 5.59. The first kappa shape index (κ1) is 15.9. The summed E-state index contributed by atoms with van der Waals surface area (Å²) in [6.07, 6.45) is 1.26. The molecule has 1 aliphatic rings. The second kappa shape index (κ2) is 6.33. The lowest BCUT2D eigenvalue weighted by molar-refractivity contribution is 0.246. The van der Waals surface area contributed by atoms with Crippen molar-refractivity contribution in [2.24, 2.45) is 0 Å². The van der Waals surface area contributed by atoms with Gasteiger partial charge in [-0.15, -0.1) is 23.7 Å². The van der Waals surface area contributed by atoms with E-state index < -0.39 is 0 Å². The third kappa shape index (κ3) is 3.92. The van der Waals surface area contributed by atoms with Gasteiger partial charge < -0.3 is 5.32 Å². The number of hydrogen-bond donors (Lipinski definition) is 1. The highest BCUT2D eigenvalue weighted by Crippen LogP contribution is 2.26. The molecule has 0 amide bonds. The SMILES string of the molecule is CN(Cc1csc(C(C)(C)C)n1)C1CCNC1.Cl. The van der Waals surface area contributed by atoms with E-state index in [1.54, 1.807) is 11.3 Å². The Morgan fingerprint density at radius 1 is 1.50 bits per heavy atom.